The highest BCUT2D eigenvalue weighted by atomic mass is 14.8. The monoisotopic (exact) mass is 175 g/mol. The molecule has 0 aliphatic carbocycles. The van der Waals surface area contributed by atoms with Crippen LogP contribution in [-0.4, -0.2) is 18.1 Å². The topological polar surface area (TPSA) is 48.7 Å². The standard InChI is InChI=1S/C10H13N3/c11-6-3-7-12-9-5-10-4-1-2-8-13-10/h1-2,4,8,12H,3,5,7,9H2. The van der Waals surface area contributed by atoms with E-state index in [1.54, 1.807) is 6.20 Å². The minimum absolute atomic E-state index is 0.572. The third kappa shape index (κ3) is 4.24. The Hall–Kier alpha value is -1.40. The van der Waals surface area contributed by atoms with Crippen LogP contribution in [-0.2, 0) is 6.42 Å². The van der Waals surface area contributed by atoms with E-state index in [4.69, 9.17) is 5.26 Å². The van der Waals surface area contributed by atoms with E-state index < -0.39 is 0 Å². The highest BCUT2D eigenvalue weighted by Crippen LogP contribution is 1.92. The van der Waals surface area contributed by atoms with Gasteiger partial charge in [-0.3, -0.25) is 4.98 Å². The van der Waals surface area contributed by atoms with Crippen molar-refractivity contribution < 1.29 is 0 Å². The fourth-order valence-electron chi connectivity index (χ4n) is 1.03. The van der Waals surface area contributed by atoms with Gasteiger partial charge in [0.05, 0.1) is 6.07 Å². The summed E-state index contributed by atoms with van der Waals surface area (Å²) >= 11 is 0. The van der Waals surface area contributed by atoms with Crippen LogP contribution in [0.15, 0.2) is 24.4 Å². The summed E-state index contributed by atoms with van der Waals surface area (Å²) in [4.78, 5) is 4.19. The summed E-state index contributed by atoms with van der Waals surface area (Å²) in [6.07, 6.45) is 3.29. The van der Waals surface area contributed by atoms with Gasteiger partial charge in [-0.15, -0.1) is 0 Å². The quantitative estimate of drug-likeness (QED) is 0.682. The fourth-order valence-corrected chi connectivity index (χ4v) is 1.03. The summed E-state index contributed by atoms with van der Waals surface area (Å²) in [6, 6.07) is 7.99. The second-order valence-corrected chi connectivity index (χ2v) is 2.73. The highest BCUT2D eigenvalue weighted by Gasteiger charge is 1.91. The molecule has 0 spiro atoms. The molecule has 0 radical (unpaired) electrons. The van der Waals surface area contributed by atoms with E-state index in [-0.39, 0.29) is 0 Å². The van der Waals surface area contributed by atoms with Gasteiger partial charge in [0.1, 0.15) is 0 Å². The molecule has 0 fully saturated rings. The molecule has 0 unspecified atom stereocenters. The molecule has 0 atom stereocenters. The van der Waals surface area contributed by atoms with Crippen molar-refractivity contribution >= 4 is 0 Å². The third-order valence-electron chi connectivity index (χ3n) is 1.70. The van der Waals surface area contributed by atoms with Crippen molar-refractivity contribution in [2.24, 2.45) is 0 Å². The van der Waals surface area contributed by atoms with E-state index in [9.17, 15) is 0 Å². The zero-order valence-corrected chi connectivity index (χ0v) is 7.53. The molecule has 1 aromatic heterocycles. The predicted octanol–water partition coefficient (Wildman–Crippen LogP) is 1.13. The Bertz CT molecular complexity index is 263. The van der Waals surface area contributed by atoms with E-state index in [2.05, 4.69) is 16.4 Å². The Morgan fingerprint density at radius 2 is 2.31 bits per heavy atom. The first-order valence-electron chi connectivity index (χ1n) is 4.41. The summed E-state index contributed by atoms with van der Waals surface area (Å²) < 4.78 is 0. The number of nitriles is 1. The first kappa shape index (κ1) is 9.69. The number of hydrogen-bond donors (Lipinski definition) is 1. The van der Waals surface area contributed by atoms with Crippen LogP contribution in [0.5, 0.6) is 0 Å². The van der Waals surface area contributed by atoms with Crippen LogP contribution >= 0.6 is 0 Å². The molecule has 3 heteroatoms. The SMILES string of the molecule is N#CCCNCCc1ccccn1. The molecule has 0 aromatic carbocycles. The van der Waals surface area contributed by atoms with Crippen LogP contribution in [0.4, 0.5) is 0 Å². The molecule has 0 saturated carbocycles. The van der Waals surface area contributed by atoms with E-state index in [0.29, 0.717) is 6.42 Å². The van der Waals surface area contributed by atoms with Crippen molar-refractivity contribution in [2.45, 2.75) is 12.8 Å². The zero-order chi connectivity index (χ0) is 9.36. The van der Waals surface area contributed by atoms with Crippen LogP contribution in [0, 0.1) is 11.3 Å². The summed E-state index contributed by atoms with van der Waals surface area (Å²) in [5.41, 5.74) is 1.09. The first-order valence-corrected chi connectivity index (χ1v) is 4.41. The van der Waals surface area contributed by atoms with Crippen molar-refractivity contribution in [3.63, 3.8) is 0 Å². The largest absolute Gasteiger partial charge is 0.315 e. The lowest BCUT2D eigenvalue weighted by molar-refractivity contribution is 0.685. The molecule has 1 heterocycles. The molecule has 0 bridgehead atoms. The lowest BCUT2D eigenvalue weighted by atomic mass is 10.3. The maximum atomic E-state index is 8.28. The van der Waals surface area contributed by atoms with E-state index in [1.165, 1.54) is 0 Å². The second-order valence-electron chi connectivity index (χ2n) is 2.73. The Labute approximate surface area is 78.4 Å². The normalized spacial score (nSPS) is 9.46. The summed E-state index contributed by atoms with van der Waals surface area (Å²) in [5.74, 6) is 0. The van der Waals surface area contributed by atoms with Gasteiger partial charge in [-0.1, -0.05) is 6.07 Å². The molecule has 0 aliphatic heterocycles. The molecule has 1 rings (SSSR count). The van der Waals surface area contributed by atoms with Gasteiger partial charge in [-0.2, -0.15) is 5.26 Å². The van der Waals surface area contributed by atoms with Crippen molar-refractivity contribution in [1.29, 1.82) is 5.26 Å². The average molecular weight is 175 g/mol. The second kappa shape index (κ2) is 6.15. The van der Waals surface area contributed by atoms with Gasteiger partial charge in [-0.05, 0) is 12.1 Å². The highest BCUT2D eigenvalue weighted by molar-refractivity contribution is 5.03. The van der Waals surface area contributed by atoms with Crippen LogP contribution < -0.4 is 5.32 Å². The Kier molecular flexibility index (Phi) is 4.58. The van der Waals surface area contributed by atoms with Crippen LogP contribution in [0.25, 0.3) is 0 Å². The minimum atomic E-state index is 0.572. The van der Waals surface area contributed by atoms with Crippen LogP contribution in [0.2, 0.25) is 0 Å². The molecular formula is C10H13N3. The molecule has 68 valence electrons. The maximum Gasteiger partial charge on any atom is 0.0635 e. The number of nitrogens with one attached hydrogen (secondary N) is 1. The molecule has 0 aliphatic rings. The van der Waals surface area contributed by atoms with Gasteiger partial charge in [0.15, 0.2) is 0 Å². The van der Waals surface area contributed by atoms with Gasteiger partial charge >= 0.3 is 0 Å². The number of hydrogen-bond acceptors (Lipinski definition) is 3. The zero-order valence-electron chi connectivity index (χ0n) is 7.53. The molecule has 1 N–H and O–H groups in total. The van der Waals surface area contributed by atoms with Gasteiger partial charge in [0.25, 0.3) is 0 Å². The van der Waals surface area contributed by atoms with Crippen LogP contribution in [0.3, 0.4) is 0 Å². The smallest absolute Gasteiger partial charge is 0.0635 e. The lowest BCUT2D eigenvalue weighted by Crippen LogP contribution is -2.18. The van der Waals surface area contributed by atoms with Gasteiger partial charge in [0, 0.05) is 37.8 Å². The Morgan fingerprint density at radius 1 is 1.38 bits per heavy atom. The third-order valence-corrected chi connectivity index (χ3v) is 1.70. The predicted molar refractivity (Wildman–Crippen MR) is 51.0 cm³/mol. The summed E-state index contributed by atoms with van der Waals surface area (Å²) in [6.45, 7) is 1.65. The molecule has 1 aromatic rings. The number of rotatable bonds is 5. The van der Waals surface area contributed by atoms with E-state index >= 15 is 0 Å². The molecule has 13 heavy (non-hydrogen) atoms. The maximum absolute atomic E-state index is 8.28. The van der Waals surface area contributed by atoms with Crippen molar-refractivity contribution in [2.75, 3.05) is 13.1 Å². The van der Waals surface area contributed by atoms with Gasteiger partial charge < -0.3 is 5.32 Å². The Morgan fingerprint density at radius 3 is 3.00 bits per heavy atom. The first-order chi connectivity index (χ1) is 6.43. The summed E-state index contributed by atoms with van der Waals surface area (Å²) in [5, 5.41) is 11.5. The Balaban J connectivity index is 2.11. The van der Waals surface area contributed by atoms with Crippen molar-refractivity contribution in [3.05, 3.63) is 30.1 Å². The van der Waals surface area contributed by atoms with Crippen molar-refractivity contribution in [1.82, 2.24) is 10.3 Å². The van der Waals surface area contributed by atoms with E-state index in [0.717, 1.165) is 25.2 Å². The number of aromatic nitrogens is 1. The molecule has 0 saturated heterocycles. The minimum Gasteiger partial charge on any atom is -0.315 e. The molecule has 3 nitrogen and oxygen atoms in total. The molecular weight excluding hydrogens is 162 g/mol. The van der Waals surface area contributed by atoms with Crippen molar-refractivity contribution in [3.8, 4) is 6.07 Å². The van der Waals surface area contributed by atoms with Gasteiger partial charge in [-0.25, -0.2) is 0 Å². The fraction of sp³-hybridized carbons (Fsp3) is 0.400. The average Bonchev–Trinajstić information content (AvgIpc) is 2.19. The van der Waals surface area contributed by atoms with Crippen LogP contribution in [0.1, 0.15) is 12.1 Å². The lowest BCUT2D eigenvalue weighted by Gasteiger charge is -2.00. The number of pyridine rings is 1. The molecule has 0 amide bonds. The summed E-state index contributed by atoms with van der Waals surface area (Å²) in [7, 11) is 0. The van der Waals surface area contributed by atoms with Gasteiger partial charge in [0.2, 0.25) is 0 Å². The number of nitrogens with zero attached hydrogens (tertiary/aromatic N) is 2. The van der Waals surface area contributed by atoms with E-state index in [1.807, 2.05) is 18.2 Å².